The molecule has 0 fully saturated rings. The second-order valence-electron chi connectivity index (χ2n) is 6.53. The minimum Gasteiger partial charge on any atom is -0.330 e. The third-order valence-electron chi connectivity index (χ3n) is 4.86. The van der Waals surface area contributed by atoms with Crippen LogP contribution in [0.4, 0.5) is 4.39 Å². The van der Waals surface area contributed by atoms with E-state index < -0.39 is 5.82 Å². The number of carbonyl (C=O) groups excluding carboxylic acids is 1. The van der Waals surface area contributed by atoms with Crippen LogP contribution < -0.4 is 0 Å². The van der Waals surface area contributed by atoms with E-state index in [1.54, 1.807) is 21.7 Å². The highest BCUT2D eigenvalue weighted by Crippen LogP contribution is 2.31. The van der Waals surface area contributed by atoms with E-state index in [1.807, 2.05) is 26.0 Å². The predicted molar refractivity (Wildman–Crippen MR) is 105 cm³/mol. The summed E-state index contributed by atoms with van der Waals surface area (Å²) < 4.78 is 14.7. The summed E-state index contributed by atoms with van der Waals surface area (Å²) in [5.74, 6) is -0.0388. The Kier molecular flexibility index (Phi) is 5.47. The lowest BCUT2D eigenvalue weighted by atomic mass is 10.0. The number of pyridine rings is 1. The van der Waals surface area contributed by atoms with Gasteiger partial charge in [0, 0.05) is 13.0 Å². The summed E-state index contributed by atoms with van der Waals surface area (Å²) in [6.07, 6.45) is 1.71. The normalized spacial score (nSPS) is 15.7. The molecule has 1 atom stereocenters. The molecule has 0 saturated heterocycles. The number of benzene rings is 1. The van der Waals surface area contributed by atoms with Gasteiger partial charge >= 0.3 is 0 Å². The number of halogens is 2. The van der Waals surface area contributed by atoms with Gasteiger partial charge in [0.25, 0.3) is 5.91 Å². The zero-order valence-electron chi connectivity index (χ0n) is 14.9. The van der Waals surface area contributed by atoms with Crippen molar-refractivity contribution in [2.75, 3.05) is 6.54 Å². The number of rotatable bonds is 2. The van der Waals surface area contributed by atoms with E-state index >= 15 is 0 Å². The first-order valence-electron chi connectivity index (χ1n) is 8.60. The molecule has 0 saturated carbocycles. The van der Waals surface area contributed by atoms with E-state index in [9.17, 15) is 9.18 Å². The van der Waals surface area contributed by atoms with Crippen LogP contribution in [0.15, 0.2) is 36.5 Å². The van der Waals surface area contributed by atoms with Crippen LogP contribution in [-0.2, 0) is 6.42 Å². The number of nitrogens with zero attached hydrogens (tertiary/aromatic N) is 5. The lowest BCUT2D eigenvalue weighted by Gasteiger charge is -2.33. The smallest absolute Gasteiger partial charge is 0.255 e. The standard InChI is InChI=1S/C19H17ClFN5O.CH4/c1-11-4-3-5-14(17(11)20)19(27)25-9-8-15-18(12(25)2)23-24-26(15)16-7-6-13(21)10-22-16;/h3-7,10,12H,8-9H2,1-2H3;1H4/t12-;/m1./s1. The zero-order chi connectivity index (χ0) is 19.1. The van der Waals surface area contributed by atoms with Crippen molar-refractivity contribution in [2.24, 2.45) is 0 Å². The van der Waals surface area contributed by atoms with E-state index in [1.165, 1.54) is 6.07 Å². The molecular weight excluding hydrogens is 381 g/mol. The molecule has 0 unspecified atom stereocenters. The molecule has 0 N–H and O–H groups in total. The van der Waals surface area contributed by atoms with Crippen LogP contribution in [0.1, 0.15) is 47.7 Å². The molecule has 3 heterocycles. The Hall–Kier alpha value is -2.80. The van der Waals surface area contributed by atoms with Gasteiger partial charge in [0.2, 0.25) is 0 Å². The van der Waals surface area contributed by atoms with Gasteiger partial charge in [-0.25, -0.2) is 9.37 Å². The minimum absolute atomic E-state index is 0. The van der Waals surface area contributed by atoms with Crippen molar-refractivity contribution in [3.05, 3.63) is 69.9 Å². The molecule has 1 aliphatic heterocycles. The Morgan fingerprint density at radius 3 is 2.79 bits per heavy atom. The maximum Gasteiger partial charge on any atom is 0.255 e. The van der Waals surface area contributed by atoms with Crippen LogP contribution in [0.5, 0.6) is 0 Å². The molecule has 146 valence electrons. The summed E-state index contributed by atoms with van der Waals surface area (Å²) in [5.41, 5.74) is 2.94. The lowest BCUT2D eigenvalue weighted by Crippen LogP contribution is -2.39. The van der Waals surface area contributed by atoms with Crippen molar-refractivity contribution in [3.8, 4) is 5.82 Å². The first-order chi connectivity index (χ1) is 13.0. The van der Waals surface area contributed by atoms with Gasteiger partial charge in [-0.1, -0.05) is 36.4 Å². The molecule has 6 nitrogen and oxygen atoms in total. The molecule has 1 amide bonds. The van der Waals surface area contributed by atoms with Gasteiger partial charge in [-0.3, -0.25) is 4.79 Å². The molecule has 1 aliphatic rings. The molecule has 0 bridgehead atoms. The van der Waals surface area contributed by atoms with E-state index in [0.29, 0.717) is 35.1 Å². The fraction of sp³-hybridized carbons (Fsp3) is 0.300. The Morgan fingerprint density at radius 2 is 2.07 bits per heavy atom. The van der Waals surface area contributed by atoms with E-state index in [-0.39, 0.29) is 19.4 Å². The molecule has 1 aromatic carbocycles. The predicted octanol–water partition coefficient (Wildman–Crippen LogP) is 4.16. The Labute approximate surface area is 168 Å². The Bertz CT molecular complexity index is 1020. The van der Waals surface area contributed by atoms with Crippen molar-refractivity contribution < 1.29 is 9.18 Å². The van der Waals surface area contributed by atoms with Crippen LogP contribution in [0.2, 0.25) is 5.02 Å². The topological polar surface area (TPSA) is 63.9 Å². The number of hydrogen-bond acceptors (Lipinski definition) is 4. The van der Waals surface area contributed by atoms with Gasteiger partial charge in [-0.05, 0) is 37.6 Å². The summed E-state index contributed by atoms with van der Waals surface area (Å²) in [7, 11) is 0. The van der Waals surface area contributed by atoms with E-state index in [0.717, 1.165) is 17.5 Å². The number of aryl methyl sites for hydroxylation is 1. The molecule has 0 spiro atoms. The van der Waals surface area contributed by atoms with E-state index in [4.69, 9.17) is 11.6 Å². The van der Waals surface area contributed by atoms with Gasteiger partial charge in [0.05, 0.1) is 28.5 Å². The first kappa shape index (κ1) is 19.9. The summed E-state index contributed by atoms with van der Waals surface area (Å²) >= 11 is 6.33. The molecule has 2 aromatic heterocycles. The molecule has 8 heteroatoms. The van der Waals surface area contributed by atoms with Gasteiger partial charge < -0.3 is 4.90 Å². The van der Waals surface area contributed by atoms with Crippen LogP contribution >= 0.6 is 11.6 Å². The maximum absolute atomic E-state index is 13.1. The van der Waals surface area contributed by atoms with Crippen LogP contribution in [0, 0.1) is 12.7 Å². The van der Waals surface area contributed by atoms with Crippen LogP contribution in [0.3, 0.4) is 0 Å². The van der Waals surface area contributed by atoms with Crippen LogP contribution in [-0.4, -0.2) is 37.3 Å². The molecule has 3 aromatic rings. The fourth-order valence-electron chi connectivity index (χ4n) is 3.36. The number of aromatic nitrogens is 4. The zero-order valence-corrected chi connectivity index (χ0v) is 15.6. The minimum atomic E-state index is -0.409. The summed E-state index contributed by atoms with van der Waals surface area (Å²) in [4.78, 5) is 18.9. The average molecular weight is 402 g/mol. The number of carbonyl (C=O) groups is 1. The van der Waals surface area contributed by atoms with E-state index in [2.05, 4.69) is 15.3 Å². The quantitative estimate of drug-likeness (QED) is 0.646. The third-order valence-corrected chi connectivity index (χ3v) is 5.36. The highest BCUT2D eigenvalue weighted by Gasteiger charge is 2.33. The first-order valence-corrected chi connectivity index (χ1v) is 8.97. The molecule has 0 aliphatic carbocycles. The highest BCUT2D eigenvalue weighted by molar-refractivity contribution is 6.34. The molecule has 0 radical (unpaired) electrons. The summed E-state index contributed by atoms with van der Waals surface area (Å²) in [5, 5.41) is 8.89. The van der Waals surface area contributed by atoms with Crippen molar-refractivity contribution in [1.82, 2.24) is 24.9 Å². The molecule has 28 heavy (non-hydrogen) atoms. The average Bonchev–Trinajstić information content (AvgIpc) is 3.09. The fourth-order valence-corrected chi connectivity index (χ4v) is 3.57. The third kappa shape index (κ3) is 3.26. The van der Waals surface area contributed by atoms with Gasteiger partial charge in [-0.2, -0.15) is 4.68 Å². The summed E-state index contributed by atoms with van der Waals surface area (Å²) in [6.45, 7) is 4.29. The number of amides is 1. The largest absolute Gasteiger partial charge is 0.330 e. The monoisotopic (exact) mass is 401 g/mol. The van der Waals surface area contributed by atoms with Crippen molar-refractivity contribution in [1.29, 1.82) is 0 Å². The van der Waals surface area contributed by atoms with Crippen molar-refractivity contribution in [3.63, 3.8) is 0 Å². The second-order valence-corrected chi connectivity index (χ2v) is 6.91. The second kappa shape index (κ2) is 7.67. The van der Waals surface area contributed by atoms with Gasteiger partial charge in [-0.15, -0.1) is 5.10 Å². The molecule has 4 rings (SSSR count). The Balaban J connectivity index is 0.00000225. The van der Waals surface area contributed by atoms with Gasteiger partial charge in [0.15, 0.2) is 5.82 Å². The Morgan fingerprint density at radius 1 is 1.29 bits per heavy atom. The van der Waals surface area contributed by atoms with Gasteiger partial charge in [0.1, 0.15) is 11.5 Å². The number of fused-ring (bicyclic) bond motifs is 1. The van der Waals surface area contributed by atoms with Crippen molar-refractivity contribution >= 4 is 17.5 Å². The number of hydrogen-bond donors (Lipinski definition) is 0. The van der Waals surface area contributed by atoms with Crippen LogP contribution in [0.25, 0.3) is 5.82 Å². The lowest BCUT2D eigenvalue weighted by molar-refractivity contribution is 0.0672. The highest BCUT2D eigenvalue weighted by atomic mass is 35.5. The SMILES string of the molecule is C.Cc1cccc(C(=O)N2CCc3c(nnn3-c3ccc(F)cn3)[C@H]2C)c1Cl. The maximum atomic E-state index is 13.1. The molecular formula is C20H21ClFN5O. The summed E-state index contributed by atoms with van der Waals surface area (Å²) in [6, 6.07) is 8.06. The van der Waals surface area contributed by atoms with Crippen molar-refractivity contribution in [2.45, 2.75) is 33.7 Å².